The predicted molar refractivity (Wildman–Crippen MR) is 120 cm³/mol. The Labute approximate surface area is 180 Å². The zero-order chi connectivity index (χ0) is 20.7. The van der Waals surface area contributed by atoms with Gasteiger partial charge in [0.2, 0.25) is 5.95 Å². The van der Waals surface area contributed by atoms with Crippen LogP contribution in [0.3, 0.4) is 0 Å². The normalized spacial score (nSPS) is 20.5. The van der Waals surface area contributed by atoms with Crippen molar-refractivity contribution >= 4 is 28.8 Å². The molecule has 2 aliphatic rings. The Kier molecular flexibility index (Phi) is 4.90. The van der Waals surface area contributed by atoms with Crippen LogP contribution in [-0.2, 0) is 4.79 Å². The number of anilines is 2. The largest absolute Gasteiger partial charge is 0.372 e. The summed E-state index contributed by atoms with van der Waals surface area (Å²) in [5.41, 5.74) is 4.08. The number of carbonyl (C=O) groups excluding carboxylic acids is 1. The van der Waals surface area contributed by atoms with E-state index >= 15 is 0 Å². The summed E-state index contributed by atoms with van der Waals surface area (Å²) in [4.78, 5) is 21.3. The Hall–Kier alpha value is -2.93. The Morgan fingerprint density at radius 3 is 2.67 bits per heavy atom. The fraction of sp³-hybridized carbons (Fsp3) is 0.348. The minimum Gasteiger partial charge on any atom is -0.372 e. The molecule has 30 heavy (non-hydrogen) atoms. The number of fused-ring (bicyclic) bond motifs is 1. The SMILES string of the molecule is CCN(CC)c1ccc(C2C3=C(CC(c4cccs4)CC3=O)Nc3ncnn32)cc1. The molecule has 0 saturated carbocycles. The van der Waals surface area contributed by atoms with E-state index in [9.17, 15) is 4.79 Å². The molecule has 154 valence electrons. The second kappa shape index (κ2) is 7.72. The van der Waals surface area contributed by atoms with E-state index < -0.39 is 0 Å². The van der Waals surface area contributed by atoms with Gasteiger partial charge in [-0.25, -0.2) is 4.68 Å². The third kappa shape index (κ3) is 3.13. The molecule has 6 nitrogen and oxygen atoms in total. The van der Waals surface area contributed by atoms with Gasteiger partial charge in [0.1, 0.15) is 12.4 Å². The molecule has 0 amide bonds. The highest BCUT2D eigenvalue weighted by atomic mass is 32.1. The van der Waals surface area contributed by atoms with E-state index in [0.717, 1.165) is 36.3 Å². The summed E-state index contributed by atoms with van der Waals surface area (Å²) in [6.45, 7) is 6.25. The molecular weight excluding hydrogens is 394 g/mol. The molecule has 5 rings (SSSR count). The summed E-state index contributed by atoms with van der Waals surface area (Å²) in [5, 5.41) is 9.92. The first kappa shape index (κ1) is 19.1. The van der Waals surface area contributed by atoms with Gasteiger partial charge >= 0.3 is 0 Å². The smallest absolute Gasteiger partial charge is 0.226 e. The van der Waals surface area contributed by atoms with Gasteiger partial charge in [0.25, 0.3) is 0 Å². The summed E-state index contributed by atoms with van der Waals surface area (Å²) in [5.74, 6) is 1.12. The van der Waals surface area contributed by atoms with Crippen LogP contribution >= 0.6 is 11.3 Å². The highest BCUT2D eigenvalue weighted by molar-refractivity contribution is 7.10. The molecule has 1 aliphatic carbocycles. The first-order valence-corrected chi connectivity index (χ1v) is 11.4. The van der Waals surface area contributed by atoms with E-state index in [1.807, 2.05) is 4.68 Å². The number of benzene rings is 1. The van der Waals surface area contributed by atoms with Crippen molar-refractivity contribution in [2.75, 3.05) is 23.3 Å². The lowest BCUT2D eigenvalue weighted by atomic mass is 9.80. The maximum atomic E-state index is 13.4. The number of allylic oxidation sites excluding steroid dienone is 2. The van der Waals surface area contributed by atoms with E-state index in [0.29, 0.717) is 12.4 Å². The Morgan fingerprint density at radius 1 is 1.17 bits per heavy atom. The van der Waals surface area contributed by atoms with Crippen LogP contribution in [0.2, 0.25) is 0 Å². The topological polar surface area (TPSA) is 63.1 Å². The third-order valence-electron chi connectivity index (χ3n) is 6.14. The van der Waals surface area contributed by atoms with Crippen molar-refractivity contribution in [1.82, 2.24) is 14.8 Å². The van der Waals surface area contributed by atoms with E-state index in [4.69, 9.17) is 0 Å². The summed E-state index contributed by atoms with van der Waals surface area (Å²) in [6.07, 6.45) is 2.92. The van der Waals surface area contributed by atoms with Crippen LogP contribution < -0.4 is 10.2 Å². The number of nitrogens with zero attached hydrogens (tertiary/aromatic N) is 4. The molecule has 1 aromatic carbocycles. The van der Waals surface area contributed by atoms with Gasteiger partial charge < -0.3 is 10.2 Å². The molecule has 0 fully saturated rings. The maximum absolute atomic E-state index is 13.4. The molecule has 3 heterocycles. The van der Waals surface area contributed by atoms with Gasteiger partial charge in [-0.1, -0.05) is 18.2 Å². The minimum atomic E-state index is -0.235. The molecule has 1 N–H and O–H groups in total. The Morgan fingerprint density at radius 2 is 1.97 bits per heavy atom. The van der Waals surface area contributed by atoms with Gasteiger partial charge in [-0.2, -0.15) is 10.1 Å². The van der Waals surface area contributed by atoms with Gasteiger partial charge in [-0.15, -0.1) is 11.3 Å². The zero-order valence-electron chi connectivity index (χ0n) is 17.2. The third-order valence-corrected chi connectivity index (χ3v) is 7.18. The molecule has 0 spiro atoms. The molecule has 7 heteroatoms. The number of Topliss-reactive ketones (excluding diaryl/α,β-unsaturated/α-hetero) is 1. The van der Waals surface area contributed by atoms with Crippen molar-refractivity contribution in [2.45, 2.75) is 38.6 Å². The van der Waals surface area contributed by atoms with Gasteiger partial charge in [-0.05, 0) is 49.4 Å². The number of hydrogen-bond donors (Lipinski definition) is 1. The number of hydrogen-bond acceptors (Lipinski definition) is 6. The van der Waals surface area contributed by atoms with Crippen molar-refractivity contribution in [1.29, 1.82) is 0 Å². The summed E-state index contributed by atoms with van der Waals surface area (Å²) in [6, 6.07) is 12.5. The highest BCUT2D eigenvalue weighted by Gasteiger charge is 2.39. The van der Waals surface area contributed by atoms with Gasteiger partial charge in [0.15, 0.2) is 5.78 Å². The number of aromatic nitrogens is 3. The average Bonchev–Trinajstić information content (AvgIpc) is 3.46. The van der Waals surface area contributed by atoms with Crippen LogP contribution in [0.1, 0.15) is 49.1 Å². The van der Waals surface area contributed by atoms with Crippen LogP contribution in [0.25, 0.3) is 0 Å². The highest BCUT2D eigenvalue weighted by Crippen LogP contribution is 2.44. The molecular formula is C23H25N5OS. The lowest BCUT2D eigenvalue weighted by Gasteiger charge is -2.35. The van der Waals surface area contributed by atoms with Crippen LogP contribution in [0.5, 0.6) is 0 Å². The molecule has 2 unspecified atom stereocenters. The molecule has 0 radical (unpaired) electrons. The second-order valence-corrected chi connectivity index (χ2v) is 8.73. The van der Waals surface area contributed by atoms with E-state index in [1.54, 1.807) is 17.7 Å². The van der Waals surface area contributed by atoms with Crippen molar-refractivity contribution in [2.24, 2.45) is 0 Å². The summed E-state index contributed by atoms with van der Waals surface area (Å²) < 4.78 is 1.84. The van der Waals surface area contributed by atoms with Gasteiger partial charge in [0, 0.05) is 47.3 Å². The van der Waals surface area contributed by atoms with Crippen molar-refractivity contribution in [3.8, 4) is 0 Å². The van der Waals surface area contributed by atoms with E-state index in [-0.39, 0.29) is 17.7 Å². The quantitative estimate of drug-likeness (QED) is 0.655. The van der Waals surface area contributed by atoms with Crippen LogP contribution in [-0.4, -0.2) is 33.6 Å². The maximum Gasteiger partial charge on any atom is 0.226 e. The monoisotopic (exact) mass is 419 g/mol. The number of nitrogens with one attached hydrogen (secondary N) is 1. The molecule has 2 atom stereocenters. The van der Waals surface area contributed by atoms with Crippen LogP contribution in [0.4, 0.5) is 11.6 Å². The van der Waals surface area contributed by atoms with Gasteiger partial charge in [-0.3, -0.25) is 4.79 Å². The molecule has 3 aromatic rings. The molecule has 0 bridgehead atoms. The fourth-order valence-corrected chi connectivity index (χ4v) is 5.47. The fourth-order valence-electron chi connectivity index (χ4n) is 4.64. The van der Waals surface area contributed by atoms with Crippen LogP contribution in [0, 0.1) is 0 Å². The minimum absolute atomic E-state index is 0.195. The van der Waals surface area contributed by atoms with Crippen molar-refractivity contribution < 1.29 is 4.79 Å². The summed E-state index contributed by atoms with van der Waals surface area (Å²) >= 11 is 1.72. The Balaban J connectivity index is 1.55. The average molecular weight is 420 g/mol. The van der Waals surface area contributed by atoms with Gasteiger partial charge in [0.05, 0.1) is 0 Å². The van der Waals surface area contributed by atoms with Crippen molar-refractivity contribution in [3.63, 3.8) is 0 Å². The molecule has 1 aliphatic heterocycles. The lowest BCUT2D eigenvalue weighted by molar-refractivity contribution is -0.116. The van der Waals surface area contributed by atoms with Crippen molar-refractivity contribution in [3.05, 3.63) is 69.8 Å². The first-order chi connectivity index (χ1) is 14.7. The molecule has 0 saturated heterocycles. The van der Waals surface area contributed by atoms with Crippen LogP contribution in [0.15, 0.2) is 59.4 Å². The zero-order valence-corrected chi connectivity index (χ0v) is 18.0. The van der Waals surface area contributed by atoms with E-state index in [2.05, 4.69) is 75.9 Å². The first-order valence-electron chi connectivity index (χ1n) is 10.5. The number of carbonyl (C=O) groups is 1. The second-order valence-electron chi connectivity index (χ2n) is 7.76. The number of rotatable bonds is 5. The standard InChI is InChI=1S/C23H25N5OS/c1-3-27(4-2)17-9-7-15(8-10-17)22-21-18(26-23-24-14-25-28(22)23)12-16(13-19(21)29)20-6-5-11-30-20/h5-11,14,16,22H,3-4,12-13H2,1-2H3,(H,24,25,26). The summed E-state index contributed by atoms with van der Waals surface area (Å²) in [7, 11) is 0. The predicted octanol–water partition coefficient (Wildman–Crippen LogP) is 4.60. The Bertz CT molecular complexity index is 1080. The van der Waals surface area contributed by atoms with E-state index in [1.165, 1.54) is 10.6 Å². The molecule has 2 aromatic heterocycles. The number of ketones is 1. The lowest BCUT2D eigenvalue weighted by Crippen LogP contribution is -2.33. The number of thiophene rings is 1.